The third-order valence-corrected chi connectivity index (χ3v) is 9.69. The summed E-state index contributed by atoms with van der Waals surface area (Å²) in [6, 6.07) is 2.04. The van der Waals surface area contributed by atoms with Crippen LogP contribution in [0.3, 0.4) is 0 Å². The van der Waals surface area contributed by atoms with Gasteiger partial charge >= 0.3 is 5.97 Å². The highest BCUT2D eigenvalue weighted by atomic mass is 32.2. The summed E-state index contributed by atoms with van der Waals surface area (Å²) in [4.78, 5) is 67.2. The van der Waals surface area contributed by atoms with Crippen LogP contribution in [0.5, 0.6) is 5.75 Å². The summed E-state index contributed by atoms with van der Waals surface area (Å²) in [7, 11) is 2.54. The van der Waals surface area contributed by atoms with Gasteiger partial charge in [-0.05, 0) is 32.6 Å². The Kier molecular flexibility index (Phi) is 7.71. The first-order valence-corrected chi connectivity index (χ1v) is 14.6. The molecule has 18 heteroatoms. The summed E-state index contributed by atoms with van der Waals surface area (Å²) in [5, 5.41) is 61.0. The number of carbonyl (C=O) groups excluding carboxylic acids is 5. The number of esters is 1. The molecule has 11 N–H and O–H groups in total. The number of phenolic OH excluding ortho intramolecular Hbond substituents is 1. The largest absolute Gasteiger partial charge is 0.507 e. The van der Waals surface area contributed by atoms with Crippen LogP contribution in [-0.4, -0.2) is 104 Å². The minimum absolute atomic E-state index is 0.0967. The summed E-state index contributed by atoms with van der Waals surface area (Å²) in [5.74, 6) is -11.0. The Labute approximate surface area is 264 Å². The number of ketones is 3. The monoisotopic (exact) mass is 658 g/mol. The van der Waals surface area contributed by atoms with Gasteiger partial charge in [0.1, 0.15) is 34.8 Å². The first-order valence-electron chi connectivity index (χ1n) is 13.7. The number of nitrogens with two attached hydrogens (primary N) is 3. The number of phenols is 1. The van der Waals surface area contributed by atoms with Gasteiger partial charge in [0.05, 0.1) is 35.5 Å². The fraction of sp³-hybridized carbons (Fsp3) is 0.429. The molecular formula is C28H30N6O11S. The Morgan fingerprint density at radius 1 is 1.20 bits per heavy atom. The van der Waals surface area contributed by atoms with Gasteiger partial charge in [0, 0.05) is 5.41 Å². The van der Waals surface area contributed by atoms with Crippen molar-refractivity contribution in [3.63, 3.8) is 0 Å². The van der Waals surface area contributed by atoms with E-state index in [9.17, 15) is 49.7 Å². The molecule has 46 heavy (non-hydrogen) atoms. The molecule has 3 aliphatic carbocycles. The second kappa shape index (κ2) is 10.8. The summed E-state index contributed by atoms with van der Waals surface area (Å²) < 4.78 is 10.4. The topological polar surface area (TPSA) is 302 Å². The summed E-state index contributed by atoms with van der Waals surface area (Å²) in [6.07, 6.45) is -4.62. The molecule has 8 atom stereocenters. The number of nitrogens with one attached hydrogen (secondary N) is 1. The van der Waals surface area contributed by atoms with E-state index in [0.29, 0.717) is 0 Å². The van der Waals surface area contributed by atoms with E-state index in [1.54, 1.807) is 6.92 Å². The Morgan fingerprint density at radius 3 is 2.41 bits per heavy atom. The number of anilines is 1. The third kappa shape index (κ3) is 3.90. The normalized spacial score (nSPS) is 35.0. The van der Waals surface area contributed by atoms with Crippen LogP contribution in [0.15, 0.2) is 28.9 Å². The lowest BCUT2D eigenvalue weighted by Gasteiger charge is -2.62. The second-order valence-electron chi connectivity index (χ2n) is 11.4. The lowest BCUT2D eigenvalue weighted by molar-refractivity contribution is -0.175. The number of nitrogens with zero attached hydrogens (tertiary/aromatic N) is 2. The second-order valence-corrected chi connectivity index (χ2v) is 12.3. The van der Waals surface area contributed by atoms with Gasteiger partial charge in [0.25, 0.3) is 0 Å². The number of ether oxygens (including phenoxy) is 2. The molecule has 17 nitrogen and oxygen atoms in total. The molecular weight excluding hydrogens is 628 g/mol. The van der Waals surface area contributed by atoms with Crippen molar-refractivity contribution < 1.29 is 53.9 Å². The molecule has 244 valence electrons. The van der Waals surface area contributed by atoms with Crippen molar-refractivity contribution in [2.75, 3.05) is 26.0 Å². The molecule has 0 bridgehead atoms. The van der Waals surface area contributed by atoms with Crippen LogP contribution in [-0.2, 0) is 33.4 Å². The van der Waals surface area contributed by atoms with E-state index in [-0.39, 0.29) is 23.6 Å². The number of nitriles is 1. The Balaban J connectivity index is 1.68. The quantitative estimate of drug-likeness (QED) is 0.0897. The van der Waals surface area contributed by atoms with E-state index < -0.39 is 98.1 Å². The van der Waals surface area contributed by atoms with Gasteiger partial charge < -0.3 is 52.4 Å². The average molecular weight is 659 g/mol. The van der Waals surface area contributed by atoms with Crippen LogP contribution in [0.2, 0.25) is 0 Å². The van der Waals surface area contributed by atoms with Crippen molar-refractivity contribution in [2.45, 2.75) is 41.8 Å². The van der Waals surface area contributed by atoms with Crippen molar-refractivity contribution in [2.24, 2.45) is 28.5 Å². The molecule has 0 radical (unpaired) electrons. The van der Waals surface area contributed by atoms with E-state index in [4.69, 9.17) is 26.7 Å². The molecule has 1 heterocycles. The molecule has 0 saturated heterocycles. The smallest absolute Gasteiger partial charge is 0.374 e. The fourth-order valence-corrected chi connectivity index (χ4v) is 7.61. The predicted molar refractivity (Wildman–Crippen MR) is 156 cm³/mol. The van der Waals surface area contributed by atoms with E-state index in [1.807, 2.05) is 0 Å². The van der Waals surface area contributed by atoms with Gasteiger partial charge in [-0.2, -0.15) is 5.26 Å². The highest BCUT2D eigenvalue weighted by molar-refractivity contribution is 8.02. The molecule has 0 aromatic heterocycles. The van der Waals surface area contributed by atoms with Gasteiger partial charge in [-0.1, -0.05) is 17.8 Å². The number of carbonyl (C=O) groups is 5. The van der Waals surface area contributed by atoms with Gasteiger partial charge in [-0.15, -0.1) is 0 Å². The number of rotatable bonds is 6. The molecule has 1 aromatic rings. The minimum atomic E-state index is -3.23. The van der Waals surface area contributed by atoms with Gasteiger partial charge in [-0.3, -0.25) is 24.1 Å². The summed E-state index contributed by atoms with van der Waals surface area (Å²) in [6.45, 7) is 1.70. The molecule has 1 aliphatic heterocycles. The van der Waals surface area contributed by atoms with Gasteiger partial charge in [0.15, 0.2) is 23.3 Å². The molecule has 0 spiro atoms. The minimum Gasteiger partial charge on any atom is -0.507 e. The lowest BCUT2D eigenvalue weighted by atomic mass is 9.43. The summed E-state index contributed by atoms with van der Waals surface area (Å²) >= 11 is 0.990. The van der Waals surface area contributed by atoms with Crippen LogP contribution in [0.1, 0.15) is 24.2 Å². The number of likely N-dealkylation sites (N-methyl/N-ethyl adjacent to an activating group) is 1. The van der Waals surface area contributed by atoms with Crippen LogP contribution < -0.4 is 22.5 Å². The van der Waals surface area contributed by atoms with E-state index in [1.165, 1.54) is 37.7 Å². The number of hydrogen-bond donors (Lipinski definition) is 8. The van der Waals surface area contributed by atoms with Crippen molar-refractivity contribution in [3.05, 3.63) is 40.0 Å². The first-order chi connectivity index (χ1) is 21.5. The number of aromatic hydroxyl groups is 1. The Bertz CT molecular complexity index is 1720. The van der Waals surface area contributed by atoms with E-state index >= 15 is 0 Å². The number of benzene rings is 1. The molecule has 2 unspecified atom stereocenters. The Morgan fingerprint density at radius 2 is 1.85 bits per heavy atom. The van der Waals surface area contributed by atoms with Crippen LogP contribution >= 0.6 is 11.8 Å². The SMILES string of the molecule is CCOC(=O)C1=CSC(Nc2ccc3c(c2O)C(O)=C2C(=O)[C@]4(C#N)C(=O)C(C(N)=O)C(=O)[C@@H](N(C)C)[C@]4(N)[C@@H](O)[C@]2(N)[C@H]3O)O1. The van der Waals surface area contributed by atoms with Crippen LogP contribution in [0, 0.1) is 22.7 Å². The van der Waals surface area contributed by atoms with E-state index in [2.05, 4.69) is 5.32 Å². The fourth-order valence-electron chi connectivity index (χ4n) is 6.86. The summed E-state index contributed by atoms with van der Waals surface area (Å²) in [5.41, 5.74) is 6.60. The standard InChI is InChI=1S/C28H30N6O11S/c1-4-44-23(42)11-7-46-25(45-11)33-10-6-5-9-12(15(10)35)16(36)14-21(40)26(8-29)20(39)13(22(30)41)17(37)18(34(2)3)28(26,32)24(43)27(14,31)19(9)38/h5-7,13,18-19,24-25,33,35-36,38,43H,4,31-32H2,1-3H3,(H2,30,41)/t13?,18-,19+,24+,25?,26+,27-,28+/m1/s1. The highest BCUT2D eigenvalue weighted by Gasteiger charge is 2.81. The zero-order valence-electron chi connectivity index (χ0n) is 24.5. The van der Waals surface area contributed by atoms with E-state index in [0.717, 1.165) is 16.7 Å². The van der Waals surface area contributed by atoms with Crippen molar-refractivity contribution in [1.82, 2.24) is 4.90 Å². The Hall–Kier alpha value is -4.51. The van der Waals surface area contributed by atoms with Crippen molar-refractivity contribution >= 4 is 52.4 Å². The molecule has 5 rings (SSSR count). The van der Waals surface area contributed by atoms with Gasteiger partial charge in [0.2, 0.25) is 22.6 Å². The first kappa shape index (κ1) is 32.9. The zero-order valence-corrected chi connectivity index (χ0v) is 25.3. The molecule has 1 amide bonds. The maximum Gasteiger partial charge on any atom is 0.374 e. The van der Waals surface area contributed by atoms with Crippen LogP contribution in [0.25, 0.3) is 5.76 Å². The third-order valence-electron chi connectivity index (χ3n) is 8.88. The van der Waals surface area contributed by atoms with Crippen molar-refractivity contribution in [3.8, 4) is 11.8 Å². The maximum absolute atomic E-state index is 14.5. The highest BCUT2D eigenvalue weighted by Crippen LogP contribution is 2.59. The number of aliphatic hydroxyl groups excluding tert-OH is 3. The number of primary amides is 1. The molecule has 2 fully saturated rings. The predicted octanol–water partition coefficient (Wildman–Crippen LogP) is -2.40. The van der Waals surface area contributed by atoms with Crippen LogP contribution in [0.4, 0.5) is 5.69 Å². The van der Waals surface area contributed by atoms with Gasteiger partial charge in [-0.25, -0.2) is 4.79 Å². The number of fused-ring (bicyclic) bond motifs is 3. The zero-order chi connectivity index (χ0) is 34.3. The number of Topliss-reactive ketones (excluding diaryl/α,β-unsaturated/α-hetero) is 3. The molecule has 4 aliphatic rings. The maximum atomic E-state index is 14.5. The average Bonchev–Trinajstić information content (AvgIpc) is 3.45. The molecule has 1 aromatic carbocycles. The number of aliphatic hydroxyl groups is 3. The van der Waals surface area contributed by atoms with Crippen molar-refractivity contribution in [1.29, 1.82) is 5.26 Å². The number of thioether (sulfide) groups is 1. The number of amides is 1. The molecule has 2 saturated carbocycles. The number of hydrogen-bond acceptors (Lipinski definition) is 17. The lowest BCUT2D eigenvalue weighted by Crippen LogP contribution is -2.89.